The summed E-state index contributed by atoms with van der Waals surface area (Å²) in [7, 11) is 0. The molecule has 1 heterocycles. The quantitative estimate of drug-likeness (QED) is 0.756. The highest BCUT2D eigenvalue weighted by Crippen LogP contribution is 2.39. The minimum absolute atomic E-state index is 0.139. The summed E-state index contributed by atoms with van der Waals surface area (Å²) in [5.41, 5.74) is 1.07. The van der Waals surface area contributed by atoms with Gasteiger partial charge in [-0.3, -0.25) is 0 Å². The minimum Gasteiger partial charge on any atom is -0.493 e. The van der Waals surface area contributed by atoms with Gasteiger partial charge in [-0.25, -0.2) is 4.39 Å². The number of fused-ring (bicyclic) bond motifs is 1. The normalized spacial score (nSPS) is 29.6. The average Bonchev–Trinajstić information content (AvgIpc) is 2.47. The smallest absolute Gasteiger partial charge is 0.123 e. The number of benzene rings is 1. The van der Waals surface area contributed by atoms with Crippen LogP contribution in [-0.2, 0) is 6.42 Å². The van der Waals surface area contributed by atoms with Crippen molar-refractivity contribution in [2.75, 3.05) is 6.61 Å². The SMILES string of the molecule is CCCC1CCC(C2COc3ccc(F)cc3C2)CC1. The van der Waals surface area contributed by atoms with Crippen LogP contribution in [-0.4, -0.2) is 6.61 Å². The van der Waals surface area contributed by atoms with Crippen LogP contribution in [0.2, 0.25) is 0 Å². The van der Waals surface area contributed by atoms with Crippen molar-refractivity contribution >= 4 is 0 Å². The molecule has 1 fully saturated rings. The van der Waals surface area contributed by atoms with E-state index < -0.39 is 0 Å². The molecule has 1 aliphatic heterocycles. The van der Waals surface area contributed by atoms with Crippen LogP contribution < -0.4 is 4.74 Å². The Balaban J connectivity index is 1.60. The van der Waals surface area contributed by atoms with Gasteiger partial charge in [-0.1, -0.05) is 32.6 Å². The molecular weight excluding hydrogens is 251 g/mol. The lowest BCUT2D eigenvalue weighted by molar-refractivity contribution is 0.125. The molecule has 110 valence electrons. The Bertz CT molecular complexity index is 449. The van der Waals surface area contributed by atoms with Crippen molar-refractivity contribution in [2.45, 2.75) is 51.9 Å². The molecule has 1 aromatic carbocycles. The summed E-state index contributed by atoms with van der Waals surface area (Å²) in [5, 5.41) is 0. The van der Waals surface area contributed by atoms with Crippen LogP contribution in [0.4, 0.5) is 4.39 Å². The van der Waals surface area contributed by atoms with Crippen molar-refractivity contribution in [3.05, 3.63) is 29.6 Å². The summed E-state index contributed by atoms with van der Waals surface area (Å²) >= 11 is 0. The van der Waals surface area contributed by atoms with Crippen molar-refractivity contribution in [3.63, 3.8) is 0 Å². The van der Waals surface area contributed by atoms with Crippen molar-refractivity contribution in [1.82, 2.24) is 0 Å². The van der Waals surface area contributed by atoms with Gasteiger partial charge in [0.1, 0.15) is 11.6 Å². The molecule has 0 N–H and O–H groups in total. The van der Waals surface area contributed by atoms with E-state index in [1.165, 1.54) is 44.6 Å². The lowest BCUT2D eigenvalue weighted by Gasteiger charge is -2.36. The fourth-order valence-electron chi connectivity index (χ4n) is 4.05. The van der Waals surface area contributed by atoms with Crippen molar-refractivity contribution in [2.24, 2.45) is 17.8 Å². The molecule has 1 aliphatic carbocycles. The van der Waals surface area contributed by atoms with Gasteiger partial charge in [-0.2, -0.15) is 0 Å². The van der Waals surface area contributed by atoms with E-state index in [0.717, 1.165) is 36.2 Å². The van der Waals surface area contributed by atoms with Crippen molar-refractivity contribution < 1.29 is 9.13 Å². The van der Waals surface area contributed by atoms with E-state index in [0.29, 0.717) is 5.92 Å². The standard InChI is InChI=1S/C18H25FO/c1-2-3-13-4-6-14(7-5-13)16-10-15-11-17(19)8-9-18(15)20-12-16/h8-9,11,13-14,16H,2-7,10,12H2,1H3. The van der Waals surface area contributed by atoms with E-state index in [2.05, 4.69) is 6.92 Å². The number of rotatable bonds is 3. The topological polar surface area (TPSA) is 9.23 Å². The number of hydrogen-bond acceptors (Lipinski definition) is 1. The Morgan fingerprint density at radius 1 is 1.15 bits per heavy atom. The maximum absolute atomic E-state index is 13.3. The Morgan fingerprint density at radius 3 is 2.70 bits per heavy atom. The molecule has 2 heteroatoms. The third kappa shape index (κ3) is 2.99. The number of halogens is 1. The van der Waals surface area contributed by atoms with Crippen LogP contribution in [0, 0.1) is 23.6 Å². The van der Waals surface area contributed by atoms with Gasteiger partial charge in [-0.05, 0) is 60.8 Å². The molecule has 3 rings (SSSR count). The van der Waals surface area contributed by atoms with E-state index in [-0.39, 0.29) is 5.82 Å². The number of hydrogen-bond donors (Lipinski definition) is 0. The third-order valence-electron chi connectivity index (χ3n) is 5.21. The summed E-state index contributed by atoms with van der Waals surface area (Å²) in [6, 6.07) is 4.93. The van der Waals surface area contributed by atoms with E-state index in [1.807, 2.05) is 0 Å². The summed E-state index contributed by atoms with van der Waals surface area (Å²) in [5.74, 6) is 3.07. The highest BCUT2D eigenvalue weighted by atomic mass is 19.1. The van der Waals surface area contributed by atoms with Gasteiger partial charge in [0.15, 0.2) is 0 Å². The minimum atomic E-state index is -0.139. The maximum Gasteiger partial charge on any atom is 0.123 e. The van der Waals surface area contributed by atoms with Gasteiger partial charge >= 0.3 is 0 Å². The van der Waals surface area contributed by atoms with Crippen molar-refractivity contribution in [1.29, 1.82) is 0 Å². The highest BCUT2D eigenvalue weighted by Gasteiger charge is 2.30. The lowest BCUT2D eigenvalue weighted by atomic mass is 9.73. The predicted octanol–water partition coefficient (Wildman–Crippen LogP) is 4.98. The molecule has 0 aromatic heterocycles. The fraction of sp³-hybridized carbons (Fsp3) is 0.667. The summed E-state index contributed by atoms with van der Waals surface area (Å²) in [4.78, 5) is 0. The molecule has 1 saturated carbocycles. The third-order valence-corrected chi connectivity index (χ3v) is 5.21. The first-order chi connectivity index (χ1) is 9.76. The van der Waals surface area contributed by atoms with E-state index in [9.17, 15) is 4.39 Å². The predicted molar refractivity (Wildman–Crippen MR) is 79.4 cm³/mol. The zero-order valence-electron chi connectivity index (χ0n) is 12.4. The van der Waals surface area contributed by atoms with Crippen LogP contribution in [0.15, 0.2) is 18.2 Å². The van der Waals surface area contributed by atoms with Crippen LogP contribution in [0.25, 0.3) is 0 Å². The molecule has 1 unspecified atom stereocenters. The van der Waals surface area contributed by atoms with Gasteiger partial charge < -0.3 is 4.74 Å². The Morgan fingerprint density at radius 2 is 1.95 bits per heavy atom. The van der Waals surface area contributed by atoms with Crippen LogP contribution in [0.1, 0.15) is 51.0 Å². The molecular formula is C18H25FO. The zero-order chi connectivity index (χ0) is 13.9. The summed E-state index contributed by atoms with van der Waals surface area (Å²) in [6.45, 7) is 3.11. The fourth-order valence-corrected chi connectivity index (χ4v) is 4.05. The molecule has 20 heavy (non-hydrogen) atoms. The molecule has 0 saturated heterocycles. The first-order valence-corrected chi connectivity index (χ1v) is 8.17. The van der Waals surface area contributed by atoms with E-state index in [4.69, 9.17) is 4.74 Å². The lowest BCUT2D eigenvalue weighted by Crippen LogP contribution is -2.30. The summed E-state index contributed by atoms with van der Waals surface area (Å²) < 4.78 is 19.2. The monoisotopic (exact) mass is 276 g/mol. The van der Waals surface area contributed by atoms with Crippen LogP contribution in [0.5, 0.6) is 5.75 Å². The second kappa shape index (κ2) is 6.15. The van der Waals surface area contributed by atoms with Crippen LogP contribution >= 0.6 is 0 Å². The first kappa shape index (κ1) is 13.9. The van der Waals surface area contributed by atoms with Gasteiger partial charge in [-0.15, -0.1) is 0 Å². The van der Waals surface area contributed by atoms with Gasteiger partial charge in [0, 0.05) is 0 Å². The Hall–Kier alpha value is -1.05. The number of ether oxygens (including phenoxy) is 1. The second-order valence-corrected chi connectivity index (χ2v) is 6.60. The molecule has 0 bridgehead atoms. The van der Waals surface area contributed by atoms with E-state index >= 15 is 0 Å². The molecule has 1 nitrogen and oxygen atoms in total. The summed E-state index contributed by atoms with van der Waals surface area (Å²) in [6.07, 6.45) is 9.13. The largest absolute Gasteiger partial charge is 0.493 e. The van der Waals surface area contributed by atoms with Gasteiger partial charge in [0.2, 0.25) is 0 Å². The first-order valence-electron chi connectivity index (χ1n) is 8.17. The molecule has 1 aromatic rings. The van der Waals surface area contributed by atoms with Crippen LogP contribution in [0.3, 0.4) is 0 Å². The maximum atomic E-state index is 13.3. The average molecular weight is 276 g/mol. The Kier molecular flexibility index (Phi) is 4.28. The molecule has 0 amide bonds. The molecule has 2 aliphatic rings. The molecule has 1 atom stereocenters. The highest BCUT2D eigenvalue weighted by molar-refractivity contribution is 5.35. The Labute approximate surface area is 121 Å². The molecule has 0 spiro atoms. The zero-order valence-corrected chi connectivity index (χ0v) is 12.4. The van der Waals surface area contributed by atoms with E-state index in [1.54, 1.807) is 12.1 Å². The molecule has 0 radical (unpaired) electrons. The van der Waals surface area contributed by atoms with Gasteiger partial charge in [0.25, 0.3) is 0 Å². The second-order valence-electron chi connectivity index (χ2n) is 6.60. The van der Waals surface area contributed by atoms with Crippen molar-refractivity contribution in [3.8, 4) is 5.75 Å². The van der Waals surface area contributed by atoms with Gasteiger partial charge in [0.05, 0.1) is 6.61 Å².